The molecule has 1 amide bonds. The Morgan fingerprint density at radius 3 is 2.71 bits per heavy atom. The Morgan fingerprint density at radius 1 is 1.21 bits per heavy atom. The molecule has 2 fully saturated rings. The third-order valence-corrected chi connectivity index (χ3v) is 5.53. The van der Waals surface area contributed by atoms with Gasteiger partial charge in [-0.1, -0.05) is 12.1 Å². The summed E-state index contributed by atoms with van der Waals surface area (Å²) in [4.78, 5) is 25.5. The lowest BCUT2D eigenvalue weighted by molar-refractivity contribution is -0.119. The van der Waals surface area contributed by atoms with Gasteiger partial charge in [0.1, 0.15) is 5.58 Å². The molecule has 24 heavy (non-hydrogen) atoms. The van der Waals surface area contributed by atoms with Gasteiger partial charge >= 0.3 is 5.63 Å². The summed E-state index contributed by atoms with van der Waals surface area (Å²) in [5, 5.41) is 3.97. The Balaban J connectivity index is 1.47. The number of nitrogens with one attached hydrogen (secondary N) is 1. The number of rotatable bonds is 2. The Labute approximate surface area is 140 Å². The van der Waals surface area contributed by atoms with E-state index in [-0.39, 0.29) is 16.9 Å². The lowest BCUT2D eigenvalue weighted by atomic mass is 9.77. The molecule has 0 saturated carbocycles. The minimum Gasteiger partial charge on any atom is -0.423 e. The number of hydrogen-bond acceptors (Lipinski definition) is 4. The molecule has 126 valence electrons. The zero-order valence-electron chi connectivity index (χ0n) is 13.9. The SMILES string of the molecule is Cc1cc(=O)oc2cc(CN3CCC4(CC3)CNC(=O)C4)ccc12. The number of nitrogens with zero attached hydrogens (tertiary/aromatic N) is 1. The highest BCUT2D eigenvalue weighted by atomic mass is 16.4. The molecule has 0 aliphatic carbocycles. The molecule has 0 unspecified atom stereocenters. The molecule has 1 aromatic heterocycles. The van der Waals surface area contributed by atoms with E-state index in [0.29, 0.717) is 12.0 Å². The van der Waals surface area contributed by atoms with Gasteiger partial charge in [0.25, 0.3) is 0 Å². The van der Waals surface area contributed by atoms with Crippen LogP contribution in [0.15, 0.2) is 33.5 Å². The van der Waals surface area contributed by atoms with Crippen molar-refractivity contribution in [3.63, 3.8) is 0 Å². The van der Waals surface area contributed by atoms with Crippen LogP contribution in [0.25, 0.3) is 11.0 Å². The molecule has 4 rings (SSSR count). The standard InChI is InChI=1S/C19H22N2O3/c1-13-8-18(23)24-16-9-14(2-3-15(13)16)11-21-6-4-19(5-7-21)10-17(22)20-12-19/h2-3,8-9H,4-7,10-12H2,1H3,(H,20,22). The smallest absolute Gasteiger partial charge is 0.336 e. The lowest BCUT2D eigenvalue weighted by Crippen LogP contribution is -2.40. The second-order valence-corrected chi connectivity index (χ2v) is 7.31. The molecule has 0 atom stereocenters. The third kappa shape index (κ3) is 2.84. The van der Waals surface area contributed by atoms with E-state index in [0.717, 1.165) is 55.5 Å². The average Bonchev–Trinajstić information content (AvgIpc) is 2.90. The van der Waals surface area contributed by atoms with Crippen LogP contribution in [0.3, 0.4) is 0 Å². The van der Waals surface area contributed by atoms with Gasteiger partial charge < -0.3 is 9.73 Å². The quantitative estimate of drug-likeness (QED) is 0.860. The summed E-state index contributed by atoms with van der Waals surface area (Å²) in [6.07, 6.45) is 2.81. The van der Waals surface area contributed by atoms with Crippen LogP contribution >= 0.6 is 0 Å². The molecule has 2 aromatic rings. The van der Waals surface area contributed by atoms with Gasteiger partial charge in [-0.2, -0.15) is 0 Å². The summed E-state index contributed by atoms with van der Waals surface area (Å²) in [7, 11) is 0. The second-order valence-electron chi connectivity index (χ2n) is 7.31. The fraction of sp³-hybridized carbons (Fsp3) is 0.474. The van der Waals surface area contributed by atoms with E-state index in [1.165, 1.54) is 6.07 Å². The summed E-state index contributed by atoms with van der Waals surface area (Å²) in [5.74, 6) is 0.198. The van der Waals surface area contributed by atoms with Crippen molar-refractivity contribution < 1.29 is 9.21 Å². The normalized spacial score (nSPS) is 20.6. The molecular weight excluding hydrogens is 304 g/mol. The van der Waals surface area contributed by atoms with Crippen molar-refractivity contribution in [2.24, 2.45) is 5.41 Å². The zero-order valence-corrected chi connectivity index (χ0v) is 13.9. The second kappa shape index (κ2) is 5.74. The van der Waals surface area contributed by atoms with Gasteiger partial charge in [-0.15, -0.1) is 0 Å². The molecule has 2 aliphatic heterocycles. The molecule has 0 bridgehead atoms. The number of piperidine rings is 1. The van der Waals surface area contributed by atoms with E-state index in [1.54, 1.807) is 0 Å². The van der Waals surface area contributed by atoms with Crippen LogP contribution in [0.2, 0.25) is 0 Å². The first-order valence-corrected chi connectivity index (χ1v) is 8.56. The van der Waals surface area contributed by atoms with Crippen LogP contribution in [-0.2, 0) is 11.3 Å². The highest BCUT2D eigenvalue weighted by molar-refractivity contribution is 5.80. The first-order valence-electron chi connectivity index (χ1n) is 8.56. The summed E-state index contributed by atoms with van der Waals surface area (Å²) in [6, 6.07) is 7.66. The number of amides is 1. The van der Waals surface area contributed by atoms with Crippen molar-refractivity contribution in [3.05, 3.63) is 45.8 Å². The maximum absolute atomic E-state index is 11.6. The lowest BCUT2D eigenvalue weighted by Gasteiger charge is -2.38. The predicted octanol–water partition coefficient (Wildman–Crippen LogP) is 2.20. The van der Waals surface area contributed by atoms with Gasteiger partial charge in [-0.05, 0) is 55.5 Å². The van der Waals surface area contributed by atoms with Crippen molar-refractivity contribution in [1.82, 2.24) is 10.2 Å². The largest absolute Gasteiger partial charge is 0.423 e. The monoisotopic (exact) mass is 326 g/mol. The Morgan fingerprint density at radius 2 is 2.00 bits per heavy atom. The molecule has 2 aliphatic rings. The Kier molecular flexibility index (Phi) is 3.68. The maximum atomic E-state index is 11.6. The highest BCUT2D eigenvalue weighted by Crippen LogP contribution is 2.37. The minimum absolute atomic E-state index is 0.181. The number of carbonyl (C=O) groups excluding carboxylic acids is 1. The molecule has 3 heterocycles. The van der Waals surface area contributed by atoms with Gasteiger partial charge in [-0.3, -0.25) is 9.69 Å². The van der Waals surface area contributed by atoms with Crippen LogP contribution in [0.4, 0.5) is 0 Å². The number of benzene rings is 1. The minimum atomic E-state index is -0.296. The topological polar surface area (TPSA) is 62.6 Å². The number of aryl methyl sites for hydroxylation is 1. The van der Waals surface area contributed by atoms with Crippen molar-refractivity contribution in [1.29, 1.82) is 0 Å². The molecule has 0 radical (unpaired) electrons. The first kappa shape index (κ1) is 15.4. The number of carbonyl (C=O) groups is 1. The van der Waals surface area contributed by atoms with Crippen molar-refractivity contribution in [3.8, 4) is 0 Å². The van der Waals surface area contributed by atoms with Crippen LogP contribution in [0, 0.1) is 12.3 Å². The summed E-state index contributed by atoms with van der Waals surface area (Å²) < 4.78 is 5.34. The van der Waals surface area contributed by atoms with Crippen LogP contribution in [-0.4, -0.2) is 30.4 Å². The molecule has 1 spiro atoms. The summed E-state index contributed by atoms with van der Waals surface area (Å²) in [6.45, 7) is 5.63. The van der Waals surface area contributed by atoms with E-state index < -0.39 is 0 Å². The summed E-state index contributed by atoms with van der Waals surface area (Å²) >= 11 is 0. The molecular formula is C19H22N2O3. The van der Waals surface area contributed by atoms with Crippen LogP contribution in [0.1, 0.15) is 30.4 Å². The van der Waals surface area contributed by atoms with E-state index in [1.807, 2.05) is 19.1 Å². The van der Waals surface area contributed by atoms with Crippen molar-refractivity contribution >= 4 is 16.9 Å². The molecule has 1 N–H and O–H groups in total. The zero-order chi connectivity index (χ0) is 16.7. The predicted molar refractivity (Wildman–Crippen MR) is 91.8 cm³/mol. The van der Waals surface area contributed by atoms with Gasteiger partial charge in [0, 0.05) is 31.0 Å². The van der Waals surface area contributed by atoms with E-state index in [4.69, 9.17) is 4.42 Å². The third-order valence-electron chi connectivity index (χ3n) is 5.53. The number of fused-ring (bicyclic) bond motifs is 1. The number of hydrogen-bond donors (Lipinski definition) is 1. The Hall–Kier alpha value is -2.14. The maximum Gasteiger partial charge on any atom is 0.336 e. The first-order chi connectivity index (χ1) is 11.5. The van der Waals surface area contributed by atoms with Crippen LogP contribution < -0.4 is 10.9 Å². The van der Waals surface area contributed by atoms with Gasteiger partial charge in [0.15, 0.2) is 0 Å². The van der Waals surface area contributed by atoms with E-state index >= 15 is 0 Å². The number of likely N-dealkylation sites (tertiary alicyclic amines) is 1. The molecule has 5 heteroatoms. The van der Waals surface area contributed by atoms with Crippen molar-refractivity contribution in [2.75, 3.05) is 19.6 Å². The van der Waals surface area contributed by atoms with Crippen LogP contribution in [0.5, 0.6) is 0 Å². The fourth-order valence-electron chi connectivity index (χ4n) is 4.02. The average molecular weight is 326 g/mol. The van der Waals surface area contributed by atoms with E-state index in [2.05, 4.69) is 16.3 Å². The van der Waals surface area contributed by atoms with Crippen molar-refractivity contribution in [2.45, 2.75) is 32.7 Å². The van der Waals surface area contributed by atoms with Gasteiger partial charge in [-0.25, -0.2) is 4.79 Å². The molecule has 2 saturated heterocycles. The highest BCUT2D eigenvalue weighted by Gasteiger charge is 2.40. The van der Waals surface area contributed by atoms with Gasteiger partial charge in [0.2, 0.25) is 5.91 Å². The van der Waals surface area contributed by atoms with Gasteiger partial charge in [0.05, 0.1) is 0 Å². The fourth-order valence-corrected chi connectivity index (χ4v) is 4.02. The molecule has 1 aromatic carbocycles. The van der Waals surface area contributed by atoms with E-state index in [9.17, 15) is 9.59 Å². The molecule has 5 nitrogen and oxygen atoms in total. The summed E-state index contributed by atoms with van der Waals surface area (Å²) in [5.41, 5.74) is 2.66. The Bertz CT molecular complexity index is 847.